The number of aromatic amines is 1. The molecule has 0 spiro atoms. The fraction of sp³-hybridized carbons (Fsp3) is 0.381. The van der Waals surface area contributed by atoms with Gasteiger partial charge in [-0.25, -0.2) is 0 Å². The van der Waals surface area contributed by atoms with Gasteiger partial charge < -0.3 is 24.5 Å². The summed E-state index contributed by atoms with van der Waals surface area (Å²) in [5.74, 6) is 3.92. The highest BCUT2D eigenvalue weighted by atomic mass is 16.5. The Morgan fingerprint density at radius 2 is 1.58 bits per heavy atom. The van der Waals surface area contributed by atoms with E-state index >= 15 is 0 Å². The first-order chi connectivity index (χ1) is 23.7. The summed E-state index contributed by atoms with van der Waals surface area (Å²) < 4.78 is 18.5. The zero-order valence-corrected chi connectivity index (χ0v) is 28.2. The number of methoxy groups -OCH3 is 1. The van der Waals surface area contributed by atoms with Crippen molar-refractivity contribution >= 4 is 10.9 Å². The molecule has 6 heteroatoms. The van der Waals surface area contributed by atoms with Gasteiger partial charge in [-0.2, -0.15) is 0 Å². The van der Waals surface area contributed by atoms with Crippen LogP contribution in [0.15, 0.2) is 91.0 Å². The number of fused-ring (bicyclic) bond motifs is 6. The predicted octanol–water partition coefficient (Wildman–Crippen LogP) is 8.56. The van der Waals surface area contributed by atoms with Crippen LogP contribution < -0.4 is 19.5 Å². The molecule has 4 heterocycles. The fourth-order valence-corrected chi connectivity index (χ4v) is 8.57. The maximum absolute atomic E-state index is 6.40. The Balaban J connectivity index is 1.02. The number of benzene rings is 4. The number of nitrogens with zero attached hydrogens (tertiary/aromatic N) is 1. The van der Waals surface area contributed by atoms with E-state index in [1.54, 1.807) is 7.11 Å². The Bertz CT molecular complexity index is 1850. The van der Waals surface area contributed by atoms with Crippen LogP contribution in [-0.2, 0) is 26.1 Å². The first kappa shape index (κ1) is 31.0. The standard InChI is InChI=1S/C42H47N3O3/c1-3-30-25-45-19-17-31-22-40(46-2)41(48-27-29-12-8-5-9-13-29)24-35(31)39(45)21-32(30)20-38-42-34(16-18-43-38)36-23-33(14-15-37(36)44-42)47-26-28-10-6-4-7-11-28/h4-15,22-24,30,32,38-39,43-44H,3,16-21,25-27H2,1-2H3/t30-,32-,38+,39-/m0/s1. The molecule has 8 rings (SSSR count). The molecule has 5 aromatic rings. The first-order valence-corrected chi connectivity index (χ1v) is 17.8. The van der Waals surface area contributed by atoms with Gasteiger partial charge in [-0.15, -0.1) is 0 Å². The summed E-state index contributed by atoms with van der Waals surface area (Å²) in [7, 11) is 1.75. The maximum Gasteiger partial charge on any atom is 0.162 e. The SMILES string of the molecule is CC[C@H]1CN2CCc3cc(OC)c(OCc4ccccc4)cc3[C@@H]2C[C@@H]1C[C@H]1NCCc2c1[nH]c1ccc(OCc3ccccc3)cc21. The molecule has 1 fully saturated rings. The minimum Gasteiger partial charge on any atom is -0.493 e. The van der Waals surface area contributed by atoms with Gasteiger partial charge in [0, 0.05) is 41.8 Å². The fourth-order valence-electron chi connectivity index (χ4n) is 8.57. The third kappa shape index (κ3) is 6.20. The van der Waals surface area contributed by atoms with E-state index in [0.29, 0.717) is 37.1 Å². The van der Waals surface area contributed by atoms with Gasteiger partial charge >= 0.3 is 0 Å². The van der Waals surface area contributed by atoms with Gasteiger partial charge in [0.2, 0.25) is 0 Å². The molecule has 4 aromatic carbocycles. The third-order valence-electron chi connectivity index (χ3n) is 11.1. The van der Waals surface area contributed by atoms with E-state index < -0.39 is 0 Å². The van der Waals surface area contributed by atoms with Crippen LogP contribution in [0.3, 0.4) is 0 Å². The second-order valence-corrected chi connectivity index (χ2v) is 13.9. The molecule has 48 heavy (non-hydrogen) atoms. The van der Waals surface area contributed by atoms with Crippen molar-refractivity contribution in [3.05, 3.63) is 125 Å². The minimum absolute atomic E-state index is 0.323. The Kier molecular flexibility index (Phi) is 8.85. The largest absolute Gasteiger partial charge is 0.493 e. The van der Waals surface area contributed by atoms with Crippen molar-refractivity contribution in [2.45, 2.75) is 64.3 Å². The highest BCUT2D eigenvalue weighted by molar-refractivity contribution is 5.86. The van der Waals surface area contributed by atoms with Crippen LogP contribution in [-0.4, -0.2) is 36.6 Å². The summed E-state index contributed by atoms with van der Waals surface area (Å²) in [6.45, 7) is 6.77. The molecule has 248 valence electrons. The van der Waals surface area contributed by atoms with Crippen LogP contribution in [0, 0.1) is 11.8 Å². The third-order valence-corrected chi connectivity index (χ3v) is 11.1. The number of ether oxygens (including phenoxy) is 3. The van der Waals surface area contributed by atoms with Crippen molar-refractivity contribution in [2.75, 3.05) is 26.7 Å². The Morgan fingerprint density at radius 1 is 0.812 bits per heavy atom. The van der Waals surface area contributed by atoms with Crippen LogP contribution in [0.2, 0.25) is 0 Å². The molecule has 0 bridgehead atoms. The molecular formula is C42H47N3O3. The van der Waals surface area contributed by atoms with Gasteiger partial charge in [0.15, 0.2) is 11.5 Å². The normalized spacial score (nSPS) is 22.0. The van der Waals surface area contributed by atoms with E-state index in [4.69, 9.17) is 14.2 Å². The van der Waals surface area contributed by atoms with Crippen molar-refractivity contribution in [3.63, 3.8) is 0 Å². The number of nitrogens with one attached hydrogen (secondary N) is 2. The zero-order valence-electron chi connectivity index (χ0n) is 28.2. The summed E-state index contributed by atoms with van der Waals surface area (Å²) in [5.41, 5.74) is 9.22. The van der Waals surface area contributed by atoms with Crippen molar-refractivity contribution in [1.29, 1.82) is 0 Å². The number of piperidine rings is 1. The van der Waals surface area contributed by atoms with Gasteiger partial charge in [-0.1, -0.05) is 74.0 Å². The Labute approximate surface area is 284 Å². The minimum atomic E-state index is 0.323. The molecule has 0 aliphatic carbocycles. The van der Waals surface area contributed by atoms with Gasteiger partial charge in [-0.05, 0) is 102 Å². The zero-order chi connectivity index (χ0) is 32.5. The summed E-state index contributed by atoms with van der Waals surface area (Å²) in [6.07, 6.45) is 5.61. The van der Waals surface area contributed by atoms with E-state index in [9.17, 15) is 0 Å². The topological polar surface area (TPSA) is 58.8 Å². The molecule has 1 saturated heterocycles. The van der Waals surface area contributed by atoms with Crippen LogP contribution in [0.1, 0.15) is 71.8 Å². The summed E-state index contributed by atoms with van der Waals surface area (Å²) >= 11 is 0. The van der Waals surface area contributed by atoms with Crippen molar-refractivity contribution < 1.29 is 14.2 Å². The van der Waals surface area contributed by atoms with E-state index in [-0.39, 0.29) is 0 Å². The van der Waals surface area contributed by atoms with E-state index in [2.05, 4.69) is 101 Å². The quantitative estimate of drug-likeness (QED) is 0.160. The summed E-state index contributed by atoms with van der Waals surface area (Å²) in [5, 5.41) is 5.23. The molecule has 2 N–H and O–H groups in total. The molecule has 3 aliphatic rings. The number of hydrogen-bond donors (Lipinski definition) is 2. The van der Waals surface area contributed by atoms with Crippen LogP contribution in [0.5, 0.6) is 17.2 Å². The predicted molar refractivity (Wildman–Crippen MR) is 192 cm³/mol. The van der Waals surface area contributed by atoms with Crippen molar-refractivity contribution in [3.8, 4) is 17.2 Å². The highest BCUT2D eigenvalue weighted by Gasteiger charge is 2.40. The van der Waals surface area contributed by atoms with E-state index in [0.717, 1.165) is 61.7 Å². The summed E-state index contributed by atoms with van der Waals surface area (Å²) in [6, 6.07) is 32.6. The van der Waals surface area contributed by atoms with Crippen molar-refractivity contribution in [1.82, 2.24) is 15.2 Å². The average Bonchev–Trinajstić information content (AvgIpc) is 3.52. The van der Waals surface area contributed by atoms with Crippen LogP contribution in [0.4, 0.5) is 0 Å². The molecule has 4 atom stereocenters. The number of H-pyrrole nitrogens is 1. The molecule has 6 nitrogen and oxygen atoms in total. The van der Waals surface area contributed by atoms with Crippen LogP contribution >= 0.6 is 0 Å². The number of aromatic nitrogens is 1. The van der Waals surface area contributed by atoms with Gasteiger partial charge in [0.1, 0.15) is 19.0 Å². The lowest BCUT2D eigenvalue weighted by Crippen LogP contribution is -2.46. The molecular weight excluding hydrogens is 594 g/mol. The van der Waals surface area contributed by atoms with E-state index in [1.807, 2.05) is 12.1 Å². The average molecular weight is 642 g/mol. The number of hydrogen-bond acceptors (Lipinski definition) is 5. The first-order valence-electron chi connectivity index (χ1n) is 17.8. The van der Waals surface area contributed by atoms with Crippen molar-refractivity contribution in [2.24, 2.45) is 11.8 Å². The number of rotatable bonds is 10. The lowest BCUT2D eigenvalue weighted by molar-refractivity contribution is 0.0432. The summed E-state index contributed by atoms with van der Waals surface area (Å²) in [4.78, 5) is 6.60. The monoisotopic (exact) mass is 641 g/mol. The Hall–Kier alpha value is -4.26. The van der Waals surface area contributed by atoms with E-state index in [1.165, 1.54) is 51.7 Å². The van der Waals surface area contributed by atoms with Crippen LogP contribution in [0.25, 0.3) is 10.9 Å². The lowest BCUT2D eigenvalue weighted by atomic mass is 9.73. The molecule has 3 aliphatic heterocycles. The smallest absolute Gasteiger partial charge is 0.162 e. The highest BCUT2D eigenvalue weighted by Crippen LogP contribution is 2.48. The van der Waals surface area contributed by atoms with Gasteiger partial charge in [-0.3, -0.25) is 4.90 Å². The maximum atomic E-state index is 6.40. The van der Waals surface area contributed by atoms with Gasteiger partial charge in [0.05, 0.1) is 7.11 Å². The lowest BCUT2D eigenvalue weighted by Gasteiger charge is -2.48. The molecule has 0 saturated carbocycles. The molecule has 0 amide bonds. The molecule has 0 radical (unpaired) electrons. The molecule has 0 unspecified atom stereocenters. The van der Waals surface area contributed by atoms with Gasteiger partial charge in [0.25, 0.3) is 0 Å². The Morgan fingerprint density at radius 3 is 2.33 bits per heavy atom. The second-order valence-electron chi connectivity index (χ2n) is 13.9. The second kappa shape index (κ2) is 13.7. The molecule has 1 aromatic heterocycles.